The van der Waals surface area contributed by atoms with Crippen LogP contribution in [0.1, 0.15) is 29.5 Å². The lowest BCUT2D eigenvalue weighted by Gasteiger charge is -2.03. The Morgan fingerprint density at radius 2 is 1.80 bits per heavy atom. The van der Waals surface area contributed by atoms with Crippen LogP contribution in [0.15, 0.2) is 60.8 Å². The monoisotopic (exact) mass is 333 g/mol. The molecule has 0 atom stereocenters. The SMILES string of the molecule is COC(=O)/C=C/c1ccc(CCCCc2c[nH]c3ccccc23)cc1. The largest absolute Gasteiger partial charge is 0.466 e. The van der Waals surface area contributed by atoms with Crippen molar-refractivity contribution in [2.24, 2.45) is 0 Å². The lowest BCUT2D eigenvalue weighted by Crippen LogP contribution is -1.93. The molecule has 25 heavy (non-hydrogen) atoms. The molecule has 3 nitrogen and oxygen atoms in total. The molecule has 0 spiro atoms. The third kappa shape index (κ3) is 4.60. The van der Waals surface area contributed by atoms with Crippen LogP contribution in [0.3, 0.4) is 0 Å². The van der Waals surface area contributed by atoms with Crippen LogP contribution in [0.4, 0.5) is 0 Å². The summed E-state index contributed by atoms with van der Waals surface area (Å²) in [5.41, 5.74) is 4.95. The fourth-order valence-electron chi connectivity index (χ4n) is 3.01. The van der Waals surface area contributed by atoms with E-state index < -0.39 is 0 Å². The fourth-order valence-corrected chi connectivity index (χ4v) is 3.01. The topological polar surface area (TPSA) is 42.1 Å². The highest BCUT2D eigenvalue weighted by Gasteiger charge is 2.02. The number of para-hydroxylation sites is 1. The van der Waals surface area contributed by atoms with Crippen LogP contribution < -0.4 is 0 Å². The Bertz CT molecular complexity index is 859. The number of carbonyl (C=O) groups is 1. The molecule has 0 unspecified atom stereocenters. The molecule has 0 bridgehead atoms. The van der Waals surface area contributed by atoms with Crippen molar-refractivity contribution in [1.82, 2.24) is 4.98 Å². The molecular weight excluding hydrogens is 310 g/mol. The number of hydrogen-bond donors (Lipinski definition) is 1. The molecule has 0 aliphatic carbocycles. The van der Waals surface area contributed by atoms with Crippen molar-refractivity contribution in [2.45, 2.75) is 25.7 Å². The van der Waals surface area contributed by atoms with E-state index in [-0.39, 0.29) is 5.97 Å². The molecule has 1 heterocycles. The maximum absolute atomic E-state index is 11.1. The van der Waals surface area contributed by atoms with Crippen molar-refractivity contribution < 1.29 is 9.53 Å². The molecule has 1 N–H and O–H groups in total. The average Bonchev–Trinajstić information content (AvgIpc) is 3.07. The van der Waals surface area contributed by atoms with Gasteiger partial charge in [-0.05, 0) is 54.5 Å². The van der Waals surface area contributed by atoms with Gasteiger partial charge in [0.15, 0.2) is 0 Å². The van der Waals surface area contributed by atoms with Gasteiger partial charge in [0.1, 0.15) is 0 Å². The lowest BCUT2D eigenvalue weighted by molar-refractivity contribution is -0.134. The van der Waals surface area contributed by atoms with E-state index in [4.69, 9.17) is 0 Å². The minimum Gasteiger partial charge on any atom is -0.466 e. The van der Waals surface area contributed by atoms with Gasteiger partial charge >= 0.3 is 5.97 Å². The van der Waals surface area contributed by atoms with Gasteiger partial charge < -0.3 is 9.72 Å². The van der Waals surface area contributed by atoms with Crippen LogP contribution in [0.2, 0.25) is 0 Å². The molecule has 3 rings (SSSR count). The van der Waals surface area contributed by atoms with Gasteiger partial charge in [-0.2, -0.15) is 0 Å². The summed E-state index contributed by atoms with van der Waals surface area (Å²) in [7, 11) is 1.38. The number of nitrogens with one attached hydrogen (secondary N) is 1. The van der Waals surface area contributed by atoms with E-state index in [1.165, 1.54) is 41.6 Å². The van der Waals surface area contributed by atoms with Gasteiger partial charge in [0, 0.05) is 23.2 Å². The predicted octanol–water partition coefficient (Wildman–Crippen LogP) is 4.92. The molecule has 0 aliphatic heterocycles. The van der Waals surface area contributed by atoms with E-state index in [0.29, 0.717) is 0 Å². The second-order valence-corrected chi connectivity index (χ2v) is 6.16. The van der Waals surface area contributed by atoms with Crippen LogP contribution in [-0.4, -0.2) is 18.1 Å². The Hall–Kier alpha value is -2.81. The zero-order chi connectivity index (χ0) is 17.5. The van der Waals surface area contributed by atoms with Crippen LogP contribution in [-0.2, 0) is 22.4 Å². The molecule has 1 aromatic heterocycles. The molecule has 3 heteroatoms. The van der Waals surface area contributed by atoms with E-state index in [9.17, 15) is 4.79 Å². The number of esters is 1. The van der Waals surface area contributed by atoms with E-state index >= 15 is 0 Å². The summed E-state index contributed by atoms with van der Waals surface area (Å²) in [5.74, 6) is -0.332. The first-order valence-corrected chi connectivity index (χ1v) is 8.66. The van der Waals surface area contributed by atoms with Crippen molar-refractivity contribution in [3.05, 3.63) is 77.5 Å². The number of hydrogen-bond acceptors (Lipinski definition) is 2. The number of aryl methyl sites for hydroxylation is 2. The van der Waals surface area contributed by atoms with Crippen molar-refractivity contribution >= 4 is 22.9 Å². The number of methoxy groups -OCH3 is 1. The number of fused-ring (bicyclic) bond motifs is 1. The van der Waals surface area contributed by atoms with E-state index in [2.05, 4.69) is 52.3 Å². The fraction of sp³-hybridized carbons (Fsp3) is 0.227. The second-order valence-electron chi connectivity index (χ2n) is 6.16. The summed E-state index contributed by atoms with van der Waals surface area (Å²) < 4.78 is 4.59. The van der Waals surface area contributed by atoms with Gasteiger partial charge in [-0.1, -0.05) is 42.5 Å². The van der Waals surface area contributed by atoms with Crippen LogP contribution in [0, 0.1) is 0 Å². The van der Waals surface area contributed by atoms with E-state index in [1.807, 2.05) is 12.1 Å². The molecule has 0 aliphatic rings. The number of rotatable bonds is 7. The summed E-state index contributed by atoms with van der Waals surface area (Å²) >= 11 is 0. The third-order valence-electron chi connectivity index (χ3n) is 4.43. The number of aromatic amines is 1. The first-order valence-electron chi connectivity index (χ1n) is 8.66. The van der Waals surface area contributed by atoms with Crippen molar-refractivity contribution in [3.63, 3.8) is 0 Å². The number of aromatic nitrogens is 1. The Morgan fingerprint density at radius 1 is 1.04 bits per heavy atom. The highest BCUT2D eigenvalue weighted by molar-refractivity contribution is 5.86. The normalized spacial score (nSPS) is 11.2. The highest BCUT2D eigenvalue weighted by atomic mass is 16.5. The number of benzene rings is 2. The molecule has 128 valence electrons. The van der Waals surface area contributed by atoms with E-state index in [0.717, 1.165) is 24.8 Å². The third-order valence-corrected chi connectivity index (χ3v) is 4.43. The summed E-state index contributed by atoms with van der Waals surface area (Å²) in [4.78, 5) is 14.4. The molecule has 3 aromatic rings. The second kappa shape index (κ2) is 8.34. The minimum absolute atomic E-state index is 0.332. The van der Waals surface area contributed by atoms with Crippen LogP contribution in [0.25, 0.3) is 17.0 Å². The van der Waals surface area contributed by atoms with Gasteiger partial charge in [-0.15, -0.1) is 0 Å². The van der Waals surface area contributed by atoms with E-state index in [1.54, 1.807) is 6.08 Å². The predicted molar refractivity (Wildman–Crippen MR) is 102 cm³/mol. The number of ether oxygens (including phenoxy) is 1. The standard InChI is InChI=1S/C22H23NO2/c1-25-22(24)15-14-18-12-10-17(11-13-18)6-2-3-7-19-16-23-21-9-5-4-8-20(19)21/h4-5,8-16,23H,2-3,6-7H2,1H3/b15-14+. The molecule has 0 saturated heterocycles. The first-order chi connectivity index (χ1) is 12.3. The molecule has 2 aromatic carbocycles. The Morgan fingerprint density at radius 3 is 2.60 bits per heavy atom. The smallest absolute Gasteiger partial charge is 0.330 e. The quantitative estimate of drug-likeness (QED) is 0.379. The first kappa shape index (κ1) is 17.0. The van der Waals surface area contributed by atoms with Gasteiger partial charge in [0.05, 0.1) is 7.11 Å². The average molecular weight is 333 g/mol. The summed E-state index contributed by atoms with van der Waals surface area (Å²) in [6.07, 6.45) is 9.85. The summed E-state index contributed by atoms with van der Waals surface area (Å²) in [6.45, 7) is 0. The van der Waals surface area contributed by atoms with Crippen LogP contribution in [0.5, 0.6) is 0 Å². The molecule has 0 amide bonds. The van der Waals surface area contributed by atoms with Gasteiger partial charge in [-0.25, -0.2) is 4.79 Å². The Balaban J connectivity index is 1.47. The zero-order valence-electron chi connectivity index (χ0n) is 14.5. The molecule has 0 radical (unpaired) electrons. The van der Waals surface area contributed by atoms with Crippen molar-refractivity contribution in [3.8, 4) is 0 Å². The van der Waals surface area contributed by atoms with Crippen molar-refractivity contribution in [1.29, 1.82) is 0 Å². The van der Waals surface area contributed by atoms with Gasteiger partial charge in [-0.3, -0.25) is 0 Å². The lowest BCUT2D eigenvalue weighted by atomic mass is 10.0. The number of unbranched alkanes of at least 4 members (excludes halogenated alkanes) is 1. The van der Waals surface area contributed by atoms with Gasteiger partial charge in [0.2, 0.25) is 0 Å². The van der Waals surface area contributed by atoms with Gasteiger partial charge in [0.25, 0.3) is 0 Å². The molecule has 0 fully saturated rings. The minimum atomic E-state index is -0.332. The zero-order valence-corrected chi connectivity index (χ0v) is 14.5. The van der Waals surface area contributed by atoms with Crippen LogP contribution >= 0.6 is 0 Å². The van der Waals surface area contributed by atoms with Crippen molar-refractivity contribution in [2.75, 3.05) is 7.11 Å². The number of carbonyl (C=O) groups excluding carboxylic acids is 1. The molecule has 0 saturated carbocycles. The number of H-pyrrole nitrogens is 1. The Kier molecular flexibility index (Phi) is 5.68. The Labute approximate surface area is 148 Å². The molecular formula is C22H23NO2. The summed E-state index contributed by atoms with van der Waals surface area (Å²) in [6, 6.07) is 16.8. The summed E-state index contributed by atoms with van der Waals surface area (Å²) in [5, 5.41) is 1.34. The highest BCUT2D eigenvalue weighted by Crippen LogP contribution is 2.20. The maximum Gasteiger partial charge on any atom is 0.330 e. The maximum atomic E-state index is 11.1.